The van der Waals surface area contributed by atoms with Crippen molar-refractivity contribution in [2.24, 2.45) is 0 Å². The van der Waals surface area contributed by atoms with Crippen molar-refractivity contribution in [3.05, 3.63) is 82.6 Å². The molecule has 0 aliphatic carbocycles. The smallest absolute Gasteiger partial charge is 0.407 e. The summed E-state index contributed by atoms with van der Waals surface area (Å²) in [7, 11) is 0. The first-order valence-electron chi connectivity index (χ1n) is 10.7. The molecule has 8 heteroatoms. The van der Waals surface area contributed by atoms with E-state index in [1.165, 1.54) is 17.0 Å². The van der Waals surface area contributed by atoms with E-state index in [0.29, 0.717) is 12.8 Å². The zero-order valence-corrected chi connectivity index (χ0v) is 21.9. The topological polar surface area (TPSA) is 75.6 Å². The van der Waals surface area contributed by atoms with Crippen LogP contribution in [-0.4, -0.2) is 31.9 Å². The van der Waals surface area contributed by atoms with E-state index in [0.717, 1.165) is 15.6 Å². The molecule has 0 heterocycles. The van der Waals surface area contributed by atoms with Crippen molar-refractivity contribution in [3.63, 3.8) is 0 Å². The number of nitrogens with zero attached hydrogens (tertiary/aromatic N) is 1. The minimum atomic E-state index is -1.45. The van der Waals surface area contributed by atoms with E-state index in [9.17, 15) is 18.8 Å². The maximum Gasteiger partial charge on any atom is 0.407 e. The van der Waals surface area contributed by atoms with Crippen LogP contribution in [0.15, 0.2) is 65.7 Å². The van der Waals surface area contributed by atoms with E-state index in [1.54, 1.807) is 18.2 Å². The monoisotopic (exact) mass is 538 g/mol. The summed E-state index contributed by atoms with van der Waals surface area (Å²) in [4.78, 5) is 13.6. The summed E-state index contributed by atoms with van der Waals surface area (Å²) in [5.41, 5.74) is 0.701. The van der Waals surface area contributed by atoms with Crippen LogP contribution in [-0.2, 0) is 16.9 Å². The Balaban J connectivity index is 2.42. The SMILES string of the molecule is C=CC[C@@](CCN(C(=O)O)[C@@H](C)c1ccc(Br)cc1)(N[S@@+]([O-])C(C)(C)C)c1ccc(F)cc1. The van der Waals surface area contributed by atoms with E-state index in [4.69, 9.17) is 0 Å². The van der Waals surface area contributed by atoms with Gasteiger partial charge in [-0.15, -0.1) is 11.3 Å². The number of rotatable bonds is 10. The predicted octanol–water partition coefficient (Wildman–Crippen LogP) is 6.54. The van der Waals surface area contributed by atoms with E-state index >= 15 is 0 Å². The summed E-state index contributed by atoms with van der Waals surface area (Å²) in [5, 5.41) is 9.97. The molecule has 2 rings (SSSR count). The van der Waals surface area contributed by atoms with Crippen LogP contribution >= 0.6 is 15.9 Å². The molecule has 2 N–H and O–H groups in total. The predicted molar refractivity (Wildman–Crippen MR) is 136 cm³/mol. The van der Waals surface area contributed by atoms with Crippen LogP contribution in [0.3, 0.4) is 0 Å². The fourth-order valence-electron chi connectivity index (χ4n) is 3.55. The highest BCUT2D eigenvalue weighted by Gasteiger charge is 2.40. The van der Waals surface area contributed by atoms with E-state index in [1.807, 2.05) is 52.0 Å². The largest absolute Gasteiger partial charge is 0.598 e. The van der Waals surface area contributed by atoms with Crippen LogP contribution in [0.1, 0.15) is 57.7 Å². The molecule has 0 unspecified atom stereocenters. The molecule has 180 valence electrons. The molecule has 33 heavy (non-hydrogen) atoms. The second-order valence-corrected chi connectivity index (χ2v) is 11.9. The van der Waals surface area contributed by atoms with Gasteiger partial charge in [-0.25, -0.2) is 9.18 Å². The van der Waals surface area contributed by atoms with Crippen molar-refractivity contribution in [3.8, 4) is 0 Å². The van der Waals surface area contributed by atoms with E-state index in [2.05, 4.69) is 27.2 Å². The minimum absolute atomic E-state index is 0.173. The maximum atomic E-state index is 13.7. The highest BCUT2D eigenvalue weighted by molar-refractivity contribution is 9.10. The standard InChI is InChI=1S/C25H32BrFN2O3S/c1-6-15-25(28-33(32)24(3,4)5,20-9-13-22(27)14-10-20)16-17-29(23(30)31)18(2)19-7-11-21(26)12-8-19/h6-14,18,28H,1,15-17H2,2-5H3,(H,30,31)/t18-,25-,33-/m0/s1. The Morgan fingerprint density at radius 3 is 2.30 bits per heavy atom. The Bertz CT molecular complexity index is 934. The highest BCUT2D eigenvalue weighted by atomic mass is 79.9. The van der Waals surface area contributed by atoms with E-state index in [-0.39, 0.29) is 12.4 Å². The molecule has 0 aromatic heterocycles. The van der Waals surface area contributed by atoms with Crippen LogP contribution in [0.2, 0.25) is 0 Å². The third-order valence-electron chi connectivity index (χ3n) is 5.58. The van der Waals surface area contributed by atoms with Gasteiger partial charge in [0.25, 0.3) is 0 Å². The van der Waals surface area contributed by atoms with Gasteiger partial charge in [-0.3, -0.25) is 0 Å². The Morgan fingerprint density at radius 2 is 1.82 bits per heavy atom. The van der Waals surface area contributed by atoms with Crippen molar-refractivity contribution in [2.75, 3.05) is 6.54 Å². The summed E-state index contributed by atoms with van der Waals surface area (Å²) in [5.74, 6) is -0.376. The summed E-state index contributed by atoms with van der Waals surface area (Å²) in [6.45, 7) is 11.5. The molecule has 0 saturated heterocycles. The van der Waals surface area contributed by atoms with E-state index < -0.39 is 33.8 Å². The molecule has 0 fully saturated rings. The quantitative estimate of drug-likeness (QED) is 0.266. The van der Waals surface area contributed by atoms with Gasteiger partial charge in [0.1, 0.15) is 10.6 Å². The lowest BCUT2D eigenvalue weighted by molar-refractivity contribution is 0.121. The number of carbonyl (C=O) groups is 1. The van der Waals surface area contributed by atoms with Crippen molar-refractivity contribution in [1.29, 1.82) is 0 Å². The average Bonchev–Trinajstić information content (AvgIpc) is 2.73. The van der Waals surface area contributed by atoms with Gasteiger partial charge < -0.3 is 14.6 Å². The Kier molecular flexibility index (Phi) is 9.55. The Labute approximate surface area is 207 Å². The second-order valence-electron chi connectivity index (χ2n) is 9.02. The molecule has 2 aromatic carbocycles. The summed E-state index contributed by atoms with van der Waals surface area (Å²) in [6.07, 6.45) is 1.37. The van der Waals surface area contributed by atoms with Crippen LogP contribution in [0, 0.1) is 5.82 Å². The zero-order valence-electron chi connectivity index (χ0n) is 19.5. The van der Waals surface area contributed by atoms with Gasteiger partial charge in [-0.2, -0.15) is 0 Å². The van der Waals surface area contributed by atoms with Gasteiger partial charge in [-0.1, -0.05) is 46.3 Å². The molecule has 0 aliphatic rings. The number of amides is 1. The number of benzene rings is 2. The van der Waals surface area contributed by atoms with Gasteiger partial charge in [-0.05, 0) is 75.9 Å². The third kappa shape index (κ3) is 7.30. The fraction of sp³-hybridized carbons (Fsp3) is 0.400. The van der Waals surface area contributed by atoms with Gasteiger partial charge in [0.05, 0.1) is 11.6 Å². The third-order valence-corrected chi connectivity index (χ3v) is 7.80. The Morgan fingerprint density at radius 1 is 1.24 bits per heavy atom. The molecule has 0 radical (unpaired) electrons. The zero-order chi connectivity index (χ0) is 24.8. The first kappa shape index (κ1) is 27.4. The average molecular weight is 540 g/mol. The highest BCUT2D eigenvalue weighted by Crippen LogP contribution is 2.34. The maximum absolute atomic E-state index is 13.7. The number of hydrogen-bond acceptors (Lipinski definition) is 3. The summed E-state index contributed by atoms with van der Waals surface area (Å²) >= 11 is 1.95. The summed E-state index contributed by atoms with van der Waals surface area (Å²) < 4.78 is 30.4. The van der Waals surface area contributed by atoms with Crippen molar-refractivity contribution < 1.29 is 18.8 Å². The van der Waals surface area contributed by atoms with Crippen LogP contribution in [0.25, 0.3) is 0 Å². The minimum Gasteiger partial charge on any atom is -0.598 e. The van der Waals surface area contributed by atoms with Crippen molar-refractivity contribution in [2.45, 2.75) is 56.9 Å². The fourth-order valence-corrected chi connectivity index (χ4v) is 4.78. The number of nitrogens with one attached hydrogen (secondary N) is 1. The van der Waals surface area contributed by atoms with Crippen molar-refractivity contribution in [1.82, 2.24) is 9.62 Å². The van der Waals surface area contributed by atoms with Crippen LogP contribution < -0.4 is 4.72 Å². The van der Waals surface area contributed by atoms with Gasteiger partial charge >= 0.3 is 6.09 Å². The molecule has 0 aliphatic heterocycles. The molecule has 1 amide bonds. The van der Waals surface area contributed by atoms with Gasteiger partial charge in [0, 0.05) is 22.4 Å². The first-order valence-corrected chi connectivity index (χ1v) is 12.7. The molecular weight excluding hydrogens is 507 g/mol. The Hall–Kier alpha value is -1.87. The van der Waals surface area contributed by atoms with Crippen LogP contribution in [0.5, 0.6) is 0 Å². The van der Waals surface area contributed by atoms with Gasteiger partial charge in [0.15, 0.2) is 0 Å². The van der Waals surface area contributed by atoms with Gasteiger partial charge in [0.2, 0.25) is 0 Å². The van der Waals surface area contributed by atoms with Crippen molar-refractivity contribution >= 4 is 33.4 Å². The molecular formula is C25H32BrFN2O3S. The lowest BCUT2D eigenvalue weighted by Gasteiger charge is -2.39. The molecule has 0 saturated carbocycles. The normalized spacial score (nSPS) is 15.4. The number of carboxylic acid groups (broad SMARTS) is 1. The lowest BCUT2D eigenvalue weighted by atomic mass is 9.84. The molecule has 5 nitrogen and oxygen atoms in total. The molecule has 3 atom stereocenters. The lowest BCUT2D eigenvalue weighted by Crippen LogP contribution is -2.52. The second kappa shape index (κ2) is 11.5. The molecule has 0 spiro atoms. The van der Waals surface area contributed by atoms with Crippen LogP contribution in [0.4, 0.5) is 9.18 Å². The number of halogens is 2. The summed E-state index contributed by atoms with van der Waals surface area (Å²) in [6, 6.07) is 13.1. The molecule has 0 bridgehead atoms. The first-order chi connectivity index (χ1) is 15.4. The molecule has 2 aromatic rings. The number of hydrogen-bond donors (Lipinski definition) is 2.